The fourth-order valence-corrected chi connectivity index (χ4v) is 2.89. The molecule has 160 valence electrons. The molecular weight excluding hydrogens is 384 g/mol. The van der Waals surface area contributed by atoms with Crippen LogP contribution in [0.1, 0.15) is 37.7 Å². The van der Waals surface area contributed by atoms with Crippen LogP contribution >= 0.6 is 0 Å². The highest BCUT2D eigenvalue weighted by Crippen LogP contribution is 2.10. The molecule has 0 unspecified atom stereocenters. The molecule has 0 heterocycles. The van der Waals surface area contributed by atoms with Crippen molar-refractivity contribution in [1.82, 2.24) is 16.1 Å². The van der Waals surface area contributed by atoms with Crippen LogP contribution in [0.4, 0.5) is 10.5 Å². The first-order valence-electron chi connectivity index (χ1n) is 9.95. The number of anilines is 1. The Labute approximate surface area is 176 Å². The summed E-state index contributed by atoms with van der Waals surface area (Å²) in [6.45, 7) is 0.330. The SMILES string of the molecule is O=C(CCCCC[C@H](NC(=O)NCc1ccccc1)C(=O)NO)Nc1ccccc1. The summed E-state index contributed by atoms with van der Waals surface area (Å²) in [6, 6.07) is 17.3. The van der Waals surface area contributed by atoms with Gasteiger partial charge in [-0.05, 0) is 30.5 Å². The molecule has 0 aromatic heterocycles. The zero-order valence-electron chi connectivity index (χ0n) is 16.8. The van der Waals surface area contributed by atoms with Crippen molar-refractivity contribution in [2.75, 3.05) is 5.32 Å². The van der Waals surface area contributed by atoms with Gasteiger partial charge in [0.25, 0.3) is 5.91 Å². The predicted octanol–water partition coefficient (Wildman–Crippen LogP) is 2.95. The van der Waals surface area contributed by atoms with E-state index in [1.54, 1.807) is 5.48 Å². The lowest BCUT2D eigenvalue weighted by atomic mass is 10.1. The maximum atomic E-state index is 12.1. The summed E-state index contributed by atoms with van der Waals surface area (Å²) >= 11 is 0. The number of rotatable bonds is 11. The van der Waals surface area contributed by atoms with Crippen molar-refractivity contribution >= 4 is 23.5 Å². The van der Waals surface area contributed by atoms with E-state index in [-0.39, 0.29) is 5.91 Å². The maximum Gasteiger partial charge on any atom is 0.315 e. The molecule has 0 fully saturated rings. The third kappa shape index (κ3) is 8.74. The molecular formula is C22H28N4O4. The minimum Gasteiger partial charge on any atom is -0.334 e. The first-order chi connectivity index (χ1) is 14.6. The van der Waals surface area contributed by atoms with Crippen molar-refractivity contribution in [1.29, 1.82) is 0 Å². The Morgan fingerprint density at radius 3 is 2.20 bits per heavy atom. The monoisotopic (exact) mass is 412 g/mol. The second kappa shape index (κ2) is 12.9. The van der Waals surface area contributed by atoms with E-state index >= 15 is 0 Å². The first kappa shape index (κ1) is 22.9. The molecule has 2 aromatic rings. The highest BCUT2D eigenvalue weighted by molar-refractivity contribution is 5.90. The van der Waals surface area contributed by atoms with Crippen molar-refractivity contribution in [2.45, 2.75) is 44.7 Å². The molecule has 0 spiro atoms. The summed E-state index contributed by atoms with van der Waals surface area (Å²) in [4.78, 5) is 35.8. The number of carbonyl (C=O) groups excluding carboxylic acids is 3. The summed E-state index contributed by atoms with van der Waals surface area (Å²) in [5, 5.41) is 17.0. The number of hydrogen-bond acceptors (Lipinski definition) is 4. The minimum atomic E-state index is -0.857. The van der Waals surface area contributed by atoms with Crippen LogP contribution in [-0.4, -0.2) is 29.1 Å². The fraction of sp³-hybridized carbons (Fsp3) is 0.318. The Kier molecular flexibility index (Phi) is 9.88. The highest BCUT2D eigenvalue weighted by Gasteiger charge is 2.19. The lowest BCUT2D eigenvalue weighted by Gasteiger charge is -2.17. The Morgan fingerprint density at radius 2 is 1.53 bits per heavy atom. The van der Waals surface area contributed by atoms with Crippen LogP contribution in [0, 0.1) is 0 Å². The molecule has 2 aromatic carbocycles. The maximum absolute atomic E-state index is 12.1. The van der Waals surface area contributed by atoms with Crippen molar-refractivity contribution in [3.05, 3.63) is 66.2 Å². The van der Waals surface area contributed by atoms with Crippen LogP contribution in [0.25, 0.3) is 0 Å². The van der Waals surface area contributed by atoms with Crippen LogP contribution in [0.15, 0.2) is 60.7 Å². The molecule has 8 nitrogen and oxygen atoms in total. The van der Waals surface area contributed by atoms with Crippen LogP contribution in [0.5, 0.6) is 0 Å². The van der Waals surface area contributed by atoms with E-state index in [1.807, 2.05) is 60.7 Å². The van der Waals surface area contributed by atoms with Gasteiger partial charge in [-0.1, -0.05) is 61.4 Å². The molecule has 0 aliphatic rings. The fourth-order valence-electron chi connectivity index (χ4n) is 2.89. The Balaban J connectivity index is 1.66. The Hall–Kier alpha value is -3.39. The van der Waals surface area contributed by atoms with Gasteiger partial charge in [0.2, 0.25) is 5.91 Å². The summed E-state index contributed by atoms with van der Waals surface area (Å²) in [6.07, 6.45) is 2.72. The van der Waals surface area contributed by atoms with E-state index < -0.39 is 18.0 Å². The van der Waals surface area contributed by atoms with Gasteiger partial charge in [0.15, 0.2) is 0 Å². The van der Waals surface area contributed by atoms with Crippen LogP contribution in [0.2, 0.25) is 0 Å². The lowest BCUT2D eigenvalue weighted by molar-refractivity contribution is -0.131. The van der Waals surface area contributed by atoms with E-state index in [1.165, 1.54) is 0 Å². The number of benzene rings is 2. The average Bonchev–Trinajstić information content (AvgIpc) is 2.77. The van der Waals surface area contributed by atoms with Gasteiger partial charge in [-0.2, -0.15) is 0 Å². The van der Waals surface area contributed by atoms with Crippen LogP contribution in [0.3, 0.4) is 0 Å². The molecule has 8 heteroatoms. The van der Waals surface area contributed by atoms with E-state index in [2.05, 4.69) is 16.0 Å². The number of carbonyl (C=O) groups is 3. The first-order valence-corrected chi connectivity index (χ1v) is 9.95. The molecule has 0 saturated carbocycles. The van der Waals surface area contributed by atoms with E-state index in [0.29, 0.717) is 38.6 Å². The number of amides is 4. The normalized spacial score (nSPS) is 11.2. The zero-order valence-corrected chi connectivity index (χ0v) is 16.8. The van der Waals surface area contributed by atoms with E-state index in [0.717, 1.165) is 11.3 Å². The van der Waals surface area contributed by atoms with E-state index in [9.17, 15) is 14.4 Å². The number of para-hydroxylation sites is 1. The van der Waals surface area contributed by atoms with Crippen molar-refractivity contribution in [3.63, 3.8) is 0 Å². The molecule has 0 aliphatic carbocycles. The second-order valence-corrected chi connectivity index (χ2v) is 6.85. The molecule has 4 amide bonds. The summed E-state index contributed by atoms with van der Waals surface area (Å²) in [5.74, 6) is -0.740. The van der Waals surface area contributed by atoms with Gasteiger partial charge in [-0.15, -0.1) is 0 Å². The van der Waals surface area contributed by atoms with Gasteiger partial charge >= 0.3 is 6.03 Å². The largest absolute Gasteiger partial charge is 0.334 e. The molecule has 0 aliphatic heterocycles. The summed E-state index contributed by atoms with van der Waals surface area (Å²) < 4.78 is 0. The van der Waals surface area contributed by atoms with Gasteiger partial charge in [0.1, 0.15) is 6.04 Å². The molecule has 0 saturated heterocycles. The van der Waals surface area contributed by atoms with Crippen molar-refractivity contribution in [3.8, 4) is 0 Å². The summed E-state index contributed by atoms with van der Waals surface area (Å²) in [7, 11) is 0. The van der Waals surface area contributed by atoms with Crippen molar-refractivity contribution < 1.29 is 19.6 Å². The van der Waals surface area contributed by atoms with Gasteiger partial charge in [-0.25, -0.2) is 10.3 Å². The predicted molar refractivity (Wildman–Crippen MR) is 114 cm³/mol. The molecule has 30 heavy (non-hydrogen) atoms. The van der Waals surface area contributed by atoms with E-state index in [4.69, 9.17) is 5.21 Å². The smallest absolute Gasteiger partial charge is 0.315 e. The quantitative estimate of drug-likeness (QED) is 0.221. The lowest BCUT2D eigenvalue weighted by Crippen LogP contribution is -2.49. The highest BCUT2D eigenvalue weighted by atomic mass is 16.5. The molecule has 0 bridgehead atoms. The number of unbranched alkanes of at least 4 members (excludes halogenated alkanes) is 2. The molecule has 5 N–H and O–H groups in total. The van der Waals surface area contributed by atoms with Crippen LogP contribution in [-0.2, 0) is 16.1 Å². The number of hydrogen-bond donors (Lipinski definition) is 5. The van der Waals surface area contributed by atoms with Gasteiger partial charge in [-0.3, -0.25) is 14.8 Å². The zero-order chi connectivity index (χ0) is 21.6. The average molecular weight is 412 g/mol. The van der Waals surface area contributed by atoms with Crippen LogP contribution < -0.4 is 21.4 Å². The molecule has 0 radical (unpaired) electrons. The number of nitrogens with one attached hydrogen (secondary N) is 4. The van der Waals surface area contributed by atoms with Crippen molar-refractivity contribution in [2.24, 2.45) is 0 Å². The van der Waals surface area contributed by atoms with Gasteiger partial charge in [0, 0.05) is 18.7 Å². The summed E-state index contributed by atoms with van der Waals surface area (Å²) in [5.41, 5.74) is 3.28. The minimum absolute atomic E-state index is 0.0655. The van der Waals surface area contributed by atoms with Gasteiger partial charge < -0.3 is 16.0 Å². The molecule has 1 atom stereocenters. The standard InChI is InChI=1S/C22H28N4O4/c27-20(24-18-12-6-2-7-13-18)15-9-3-8-14-19(21(28)26-30)25-22(29)23-16-17-10-4-1-5-11-17/h1-2,4-7,10-13,19,30H,3,8-9,14-16H2,(H,24,27)(H,26,28)(H2,23,25,29)/t19-/m0/s1. The Morgan fingerprint density at radius 1 is 0.867 bits per heavy atom. The second-order valence-electron chi connectivity index (χ2n) is 6.85. The Bertz CT molecular complexity index is 799. The third-order valence-electron chi connectivity index (χ3n) is 4.48. The topological polar surface area (TPSA) is 120 Å². The van der Waals surface area contributed by atoms with Gasteiger partial charge in [0.05, 0.1) is 0 Å². The number of hydroxylamine groups is 1. The third-order valence-corrected chi connectivity index (χ3v) is 4.48. The molecule has 2 rings (SSSR count). The number of urea groups is 1.